The van der Waals surface area contributed by atoms with Crippen LogP contribution in [-0.4, -0.2) is 21.4 Å². The number of rotatable bonds is 6. The Labute approximate surface area is 129 Å². The maximum absolute atomic E-state index is 10.8. The molecule has 1 aromatic carbocycles. The van der Waals surface area contributed by atoms with Gasteiger partial charge in [-0.1, -0.05) is 6.07 Å². The van der Waals surface area contributed by atoms with Crippen molar-refractivity contribution in [1.82, 2.24) is 9.97 Å². The van der Waals surface area contributed by atoms with Crippen LogP contribution in [0.5, 0.6) is 5.75 Å². The minimum absolute atomic E-state index is 0.0407. The monoisotopic (exact) mass is 352 g/mol. The van der Waals surface area contributed by atoms with E-state index in [2.05, 4.69) is 31.2 Å². The second-order valence-electron chi connectivity index (χ2n) is 4.06. The Morgan fingerprint density at radius 3 is 2.81 bits per heavy atom. The highest BCUT2D eigenvalue weighted by Crippen LogP contribution is 2.34. The molecule has 110 valence electrons. The summed E-state index contributed by atoms with van der Waals surface area (Å²) in [6.45, 7) is 2.92. The van der Waals surface area contributed by atoms with E-state index in [1.165, 1.54) is 6.07 Å². The first-order chi connectivity index (χ1) is 10.1. The largest absolute Gasteiger partial charge is 0.486 e. The molecule has 21 heavy (non-hydrogen) atoms. The summed E-state index contributed by atoms with van der Waals surface area (Å²) in [4.78, 5) is 18.7. The molecule has 2 rings (SSSR count). The molecule has 0 unspecified atom stereocenters. The fourth-order valence-corrected chi connectivity index (χ4v) is 2.13. The van der Waals surface area contributed by atoms with E-state index < -0.39 is 4.92 Å². The Morgan fingerprint density at radius 1 is 1.38 bits per heavy atom. The van der Waals surface area contributed by atoms with Crippen LogP contribution < -0.4 is 10.1 Å². The molecular formula is C13H13BrN4O3. The summed E-state index contributed by atoms with van der Waals surface area (Å²) in [6, 6.07) is 4.62. The standard InChI is InChI=1S/C13H13BrN4O3/c1-2-15-12-7-16-9(6-17-12)8-21-11-5-3-4-10(13(11)14)18(19)20/h3-7H,2,8H2,1H3,(H,15,17). The van der Waals surface area contributed by atoms with Crippen LogP contribution in [0.1, 0.15) is 12.6 Å². The second kappa shape index (κ2) is 6.98. The SMILES string of the molecule is CCNc1cnc(COc2cccc([N+](=O)[O-])c2Br)cn1. The third kappa shape index (κ3) is 3.88. The van der Waals surface area contributed by atoms with Crippen LogP contribution in [-0.2, 0) is 6.61 Å². The van der Waals surface area contributed by atoms with Crippen LogP contribution in [0.3, 0.4) is 0 Å². The van der Waals surface area contributed by atoms with Crippen molar-refractivity contribution in [3.05, 3.63) is 50.9 Å². The molecular weight excluding hydrogens is 340 g/mol. The van der Waals surface area contributed by atoms with Crippen molar-refractivity contribution in [2.45, 2.75) is 13.5 Å². The number of hydrogen-bond donors (Lipinski definition) is 1. The minimum atomic E-state index is -0.470. The van der Waals surface area contributed by atoms with Gasteiger partial charge >= 0.3 is 0 Å². The fraction of sp³-hybridized carbons (Fsp3) is 0.231. The number of nitrogens with zero attached hydrogens (tertiary/aromatic N) is 3. The van der Waals surface area contributed by atoms with Gasteiger partial charge in [-0.2, -0.15) is 0 Å². The topological polar surface area (TPSA) is 90.2 Å². The molecule has 0 aliphatic heterocycles. The summed E-state index contributed by atoms with van der Waals surface area (Å²) in [5.41, 5.74) is 0.594. The van der Waals surface area contributed by atoms with Gasteiger partial charge in [-0.25, -0.2) is 4.98 Å². The van der Waals surface area contributed by atoms with Crippen LogP contribution in [0.2, 0.25) is 0 Å². The number of nitro groups is 1. The molecule has 1 heterocycles. The van der Waals surface area contributed by atoms with Crippen molar-refractivity contribution in [2.75, 3.05) is 11.9 Å². The van der Waals surface area contributed by atoms with Gasteiger partial charge in [0.1, 0.15) is 22.6 Å². The Balaban J connectivity index is 2.06. The first-order valence-corrected chi connectivity index (χ1v) is 7.01. The smallest absolute Gasteiger partial charge is 0.287 e. The van der Waals surface area contributed by atoms with Crippen molar-refractivity contribution < 1.29 is 9.66 Å². The lowest BCUT2D eigenvalue weighted by Gasteiger charge is -2.08. The average Bonchev–Trinajstić information content (AvgIpc) is 2.48. The predicted octanol–water partition coefficient (Wildman–Crippen LogP) is 3.16. The summed E-state index contributed by atoms with van der Waals surface area (Å²) >= 11 is 3.17. The van der Waals surface area contributed by atoms with Crippen molar-refractivity contribution in [2.24, 2.45) is 0 Å². The third-order valence-electron chi connectivity index (χ3n) is 2.58. The Kier molecular flexibility index (Phi) is 5.04. The number of nitrogens with one attached hydrogen (secondary N) is 1. The van der Waals surface area contributed by atoms with E-state index in [9.17, 15) is 10.1 Å². The molecule has 0 saturated heterocycles. The van der Waals surface area contributed by atoms with E-state index in [0.29, 0.717) is 21.7 Å². The second-order valence-corrected chi connectivity index (χ2v) is 4.85. The highest BCUT2D eigenvalue weighted by Gasteiger charge is 2.15. The summed E-state index contributed by atoms with van der Waals surface area (Å²) in [5.74, 6) is 1.08. The number of hydrogen-bond acceptors (Lipinski definition) is 6. The molecule has 0 amide bonds. The first-order valence-electron chi connectivity index (χ1n) is 6.22. The van der Waals surface area contributed by atoms with Gasteiger partial charge in [0.15, 0.2) is 0 Å². The zero-order valence-corrected chi connectivity index (χ0v) is 12.8. The highest BCUT2D eigenvalue weighted by atomic mass is 79.9. The van der Waals surface area contributed by atoms with Crippen molar-refractivity contribution in [3.63, 3.8) is 0 Å². The van der Waals surface area contributed by atoms with Crippen LogP contribution in [0.15, 0.2) is 35.1 Å². The zero-order valence-electron chi connectivity index (χ0n) is 11.2. The summed E-state index contributed by atoms with van der Waals surface area (Å²) in [7, 11) is 0. The van der Waals surface area contributed by atoms with Crippen LogP contribution in [0, 0.1) is 10.1 Å². The fourth-order valence-electron chi connectivity index (χ4n) is 1.61. The normalized spacial score (nSPS) is 10.2. The van der Waals surface area contributed by atoms with Gasteiger partial charge in [0.05, 0.1) is 23.0 Å². The highest BCUT2D eigenvalue weighted by molar-refractivity contribution is 9.10. The molecule has 0 bridgehead atoms. The van der Waals surface area contributed by atoms with Crippen molar-refractivity contribution in [3.8, 4) is 5.75 Å². The Morgan fingerprint density at radius 2 is 2.19 bits per heavy atom. The molecule has 0 fully saturated rings. The molecule has 1 aromatic heterocycles. The van der Waals surface area contributed by atoms with E-state index in [1.807, 2.05) is 6.92 Å². The molecule has 1 N–H and O–H groups in total. The number of halogens is 1. The summed E-state index contributed by atoms with van der Waals surface area (Å²) in [5, 5.41) is 13.9. The van der Waals surface area contributed by atoms with Gasteiger partial charge in [-0.3, -0.25) is 15.1 Å². The van der Waals surface area contributed by atoms with E-state index in [4.69, 9.17) is 4.74 Å². The quantitative estimate of drug-likeness (QED) is 0.634. The van der Waals surface area contributed by atoms with Crippen LogP contribution in [0.25, 0.3) is 0 Å². The first kappa shape index (κ1) is 15.2. The molecule has 0 aliphatic carbocycles. The lowest BCUT2D eigenvalue weighted by Crippen LogP contribution is -2.03. The molecule has 0 atom stereocenters. The lowest BCUT2D eigenvalue weighted by atomic mass is 10.3. The maximum atomic E-state index is 10.8. The van der Waals surface area contributed by atoms with Gasteiger partial charge in [0.25, 0.3) is 5.69 Å². The Hall–Kier alpha value is -2.22. The summed E-state index contributed by atoms with van der Waals surface area (Å²) < 4.78 is 5.85. The van der Waals surface area contributed by atoms with E-state index >= 15 is 0 Å². The average molecular weight is 353 g/mol. The van der Waals surface area contributed by atoms with Crippen LogP contribution >= 0.6 is 15.9 Å². The predicted molar refractivity (Wildman–Crippen MR) is 81.3 cm³/mol. The van der Waals surface area contributed by atoms with E-state index in [-0.39, 0.29) is 12.3 Å². The van der Waals surface area contributed by atoms with Crippen LogP contribution in [0.4, 0.5) is 11.5 Å². The molecule has 0 radical (unpaired) electrons. The molecule has 2 aromatic rings. The van der Waals surface area contributed by atoms with Gasteiger partial charge < -0.3 is 10.1 Å². The number of ether oxygens (including phenoxy) is 1. The zero-order chi connectivity index (χ0) is 15.2. The molecule has 8 heteroatoms. The maximum Gasteiger partial charge on any atom is 0.287 e. The number of aromatic nitrogens is 2. The van der Waals surface area contributed by atoms with Crippen molar-refractivity contribution >= 4 is 27.4 Å². The number of benzene rings is 1. The summed E-state index contributed by atoms with van der Waals surface area (Å²) in [6.07, 6.45) is 3.22. The van der Waals surface area contributed by atoms with Gasteiger partial charge in [-0.05, 0) is 28.9 Å². The van der Waals surface area contributed by atoms with Gasteiger partial charge in [0, 0.05) is 12.6 Å². The lowest BCUT2D eigenvalue weighted by molar-refractivity contribution is -0.385. The number of anilines is 1. The Bertz CT molecular complexity index is 634. The molecule has 0 spiro atoms. The third-order valence-corrected chi connectivity index (χ3v) is 3.38. The van der Waals surface area contributed by atoms with Crippen molar-refractivity contribution in [1.29, 1.82) is 0 Å². The minimum Gasteiger partial charge on any atom is -0.486 e. The van der Waals surface area contributed by atoms with Gasteiger partial charge in [-0.15, -0.1) is 0 Å². The molecule has 0 aliphatic rings. The molecule has 0 saturated carbocycles. The van der Waals surface area contributed by atoms with E-state index in [0.717, 1.165) is 6.54 Å². The van der Waals surface area contributed by atoms with E-state index in [1.54, 1.807) is 24.5 Å². The molecule has 7 nitrogen and oxygen atoms in total. The van der Waals surface area contributed by atoms with Gasteiger partial charge in [0.2, 0.25) is 0 Å². The number of nitro benzene ring substituents is 1.